The zero-order chi connectivity index (χ0) is 7.73. The molecule has 2 fully saturated rings. The number of hydrogen-bond donors (Lipinski definition) is 0. The smallest absolute Gasteiger partial charge is 0.0112 e. The lowest BCUT2D eigenvalue weighted by Crippen LogP contribution is -2.09. The van der Waals surface area contributed by atoms with Crippen LogP contribution in [0, 0.1) is 11.3 Å². The Labute approximate surface area is 69.0 Å². The topological polar surface area (TPSA) is 0 Å². The molecular weight excluding hydrogens is 132 g/mol. The largest absolute Gasteiger partial charge is 0.0991 e. The van der Waals surface area contributed by atoms with Crippen molar-refractivity contribution in [1.82, 2.24) is 0 Å². The maximum Gasteiger partial charge on any atom is -0.0112 e. The third kappa shape index (κ3) is 1.15. The van der Waals surface area contributed by atoms with Crippen molar-refractivity contribution >= 4 is 0 Å². The van der Waals surface area contributed by atoms with E-state index in [9.17, 15) is 0 Å². The van der Waals surface area contributed by atoms with Gasteiger partial charge in [-0.05, 0) is 43.4 Å². The van der Waals surface area contributed by atoms with Crippen molar-refractivity contribution in [2.75, 3.05) is 0 Å². The monoisotopic (exact) mass is 148 g/mol. The van der Waals surface area contributed by atoms with E-state index >= 15 is 0 Å². The van der Waals surface area contributed by atoms with Crippen LogP contribution >= 0.6 is 0 Å². The third-order valence-electron chi connectivity index (χ3n) is 3.38. The van der Waals surface area contributed by atoms with Crippen molar-refractivity contribution < 1.29 is 0 Å². The molecule has 0 radical (unpaired) electrons. The molecule has 0 aromatic carbocycles. The molecule has 0 aromatic rings. The van der Waals surface area contributed by atoms with Crippen LogP contribution in [-0.4, -0.2) is 0 Å². The minimum absolute atomic E-state index is 0.610. The van der Waals surface area contributed by atoms with Crippen LogP contribution in [0.1, 0.15) is 32.1 Å². The summed E-state index contributed by atoms with van der Waals surface area (Å²) in [5.74, 6) is 1.06. The van der Waals surface area contributed by atoms with E-state index in [-0.39, 0.29) is 0 Å². The second-order valence-electron chi connectivity index (χ2n) is 4.10. The van der Waals surface area contributed by atoms with Gasteiger partial charge in [-0.3, -0.25) is 0 Å². The molecule has 0 aliphatic heterocycles. The molecule has 2 saturated carbocycles. The molecule has 0 aromatic heterocycles. The molecule has 0 nitrogen and oxygen atoms in total. The third-order valence-corrected chi connectivity index (χ3v) is 3.38. The summed E-state index contributed by atoms with van der Waals surface area (Å²) in [7, 11) is 0. The first-order chi connectivity index (χ1) is 5.35. The van der Waals surface area contributed by atoms with E-state index in [1.54, 1.807) is 0 Å². The van der Waals surface area contributed by atoms with E-state index in [4.69, 9.17) is 0 Å². The van der Waals surface area contributed by atoms with Gasteiger partial charge < -0.3 is 0 Å². The Morgan fingerprint density at radius 1 is 1.27 bits per heavy atom. The van der Waals surface area contributed by atoms with E-state index in [1.807, 2.05) is 6.08 Å². The summed E-state index contributed by atoms with van der Waals surface area (Å²) < 4.78 is 0. The molecule has 0 heterocycles. The number of rotatable bonds is 2. The zero-order valence-corrected chi connectivity index (χ0v) is 7.05. The van der Waals surface area contributed by atoms with Gasteiger partial charge in [0.1, 0.15) is 0 Å². The van der Waals surface area contributed by atoms with Gasteiger partial charge in [0.05, 0.1) is 0 Å². The first-order valence-corrected chi connectivity index (χ1v) is 4.65. The second-order valence-corrected chi connectivity index (χ2v) is 4.10. The average Bonchev–Trinajstić information content (AvgIpc) is 2.60. The highest BCUT2D eigenvalue weighted by Gasteiger charge is 2.42. The highest BCUT2D eigenvalue weighted by atomic mass is 14.5. The first kappa shape index (κ1) is 7.15. The Morgan fingerprint density at radius 3 is 2.45 bits per heavy atom. The van der Waals surface area contributed by atoms with Crippen molar-refractivity contribution in [3.8, 4) is 0 Å². The van der Waals surface area contributed by atoms with Gasteiger partial charge in [-0.2, -0.15) is 0 Å². The summed E-state index contributed by atoms with van der Waals surface area (Å²) >= 11 is 0. The van der Waals surface area contributed by atoms with Crippen molar-refractivity contribution in [1.29, 1.82) is 0 Å². The fourth-order valence-corrected chi connectivity index (χ4v) is 2.74. The van der Waals surface area contributed by atoms with E-state index in [1.165, 1.54) is 32.1 Å². The van der Waals surface area contributed by atoms with Crippen LogP contribution in [0.4, 0.5) is 0 Å². The normalized spacial score (nSPS) is 42.0. The van der Waals surface area contributed by atoms with Crippen molar-refractivity contribution in [2.24, 2.45) is 11.3 Å². The van der Waals surface area contributed by atoms with Gasteiger partial charge in [-0.25, -0.2) is 0 Å². The summed E-state index contributed by atoms with van der Waals surface area (Å²) in [6.45, 7) is 3.71. The summed E-state index contributed by atoms with van der Waals surface area (Å²) in [6, 6.07) is 0. The Kier molecular flexibility index (Phi) is 1.63. The molecule has 0 spiro atoms. The van der Waals surface area contributed by atoms with Crippen molar-refractivity contribution in [3.63, 3.8) is 0 Å². The summed E-state index contributed by atoms with van der Waals surface area (Å²) in [4.78, 5) is 0. The molecule has 11 heavy (non-hydrogen) atoms. The van der Waals surface area contributed by atoms with Gasteiger partial charge in [0, 0.05) is 0 Å². The van der Waals surface area contributed by atoms with E-state index in [0.717, 1.165) is 5.92 Å². The van der Waals surface area contributed by atoms with Crippen molar-refractivity contribution in [2.45, 2.75) is 32.1 Å². The van der Waals surface area contributed by atoms with Gasteiger partial charge in [0.15, 0.2) is 0 Å². The van der Waals surface area contributed by atoms with Gasteiger partial charge in [0.25, 0.3) is 0 Å². The lowest BCUT2D eigenvalue weighted by molar-refractivity contribution is 0.384. The minimum atomic E-state index is 0.610. The molecule has 2 aliphatic rings. The lowest BCUT2D eigenvalue weighted by Gasteiger charge is -2.21. The fourth-order valence-electron chi connectivity index (χ4n) is 2.74. The minimum Gasteiger partial charge on any atom is -0.0991 e. The molecule has 0 heteroatoms. The molecule has 2 bridgehead atoms. The number of allylic oxidation sites excluding steroid dienone is 3. The number of hydrogen-bond acceptors (Lipinski definition) is 0. The quantitative estimate of drug-likeness (QED) is 0.527. The van der Waals surface area contributed by atoms with E-state index < -0.39 is 0 Å². The zero-order valence-electron chi connectivity index (χ0n) is 7.05. The fraction of sp³-hybridized carbons (Fsp3) is 0.636. The molecule has 2 rings (SSSR count). The number of fused-ring (bicyclic) bond motifs is 2. The van der Waals surface area contributed by atoms with Crippen LogP contribution in [0.25, 0.3) is 0 Å². The molecule has 2 aliphatic carbocycles. The van der Waals surface area contributed by atoms with Gasteiger partial charge in [-0.15, -0.1) is 0 Å². The van der Waals surface area contributed by atoms with Gasteiger partial charge >= 0.3 is 0 Å². The maximum atomic E-state index is 3.71. The second kappa shape index (κ2) is 2.51. The summed E-state index contributed by atoms with van der Waals surface area (Å²) in [5.41, 5.74) is 0.610. The summed E-state index contributed by atoms with van der Waals surface area (Å²) in [5, 5.41) is 0. The Morgan fingerprint density at radius 2 is 2.00 bits per heavy atom. The Bertz CT molecular complexity index is 180. The van der Waals surface area contributed by atoms with E-state index in [0.29, 0.717) is 5.41 Å². The molecule has 60 valence electrons. The van der Waals surface area contributed by atoms with Crippen LogP contribution in [0.5, 0.6) is 0 Å². The van der Waals surface area contributed by atoms with Crippen LogP contribution in [-0.2, 0) is 0 Å². The predicted molar refractivity (Wildman–Crippen MR) is 48.3 cm³/mol. The van der Waals surface area contributed by atoms with Crippen LogP contribution in [0.2, 0.25) is 0 Å². The maximum absolute atomic E-state index is 3.71. The lowest BCUT2D eigenvalue weighted by atomic mass is 9.84. The van der Waals surface area contributed by atoms with Gasteiger partial charge in [0.2, 0.25) is 0 Å². The Balaban J connectivity index is 2.10. The predicted octanol–water partition coefficient (Wildman–Crippen LogP) is 3.31. The Hall–Kier alpha value is -0.520. The van der Waals surface area contributed by atoms with Crippen LogP contribution in [0.3, 0.4) is 0 Å². The molecule has 0 unspecified atom stereocenters. The highest BCUT2D eigenvalue weighted by Crippen LogP contribution is 2.54. The van der Waals surface area contributed by atoms with Crippen LogP contribution in [0.15, 0.2) is 24.8 Å². The summed E-state index contributed by atoms with van der Waals surface area (Å²) in [6.07, 6.45) is 13.7. The highest BCUT2D eigenvalue weighted by molar-refractivity contribution is 5.12. The van der Waals surface area contributed by atoms with E-state index in [2.05, 4.69) is 18.7 Å². The SMILES string of the molecule is C=CC=CC12CCC(CC1)C2. The first-order valence-electron chi connectivity index (χ1n) is 4.65. The van der Waals surface area contributed by atoms with Crippen molar-refractivity contribution in [3.05, 3.63) is 24.8 Å². The molecular formula is C11H16. The average molecular weight is 148 g/mol. The molecule has 0 saturated heterocycles. The van der Waals surface area contributed by atoms with Crippen LogP contribution < -0.4 is 0 Å². The molecule has 0 N–H and O–H groups in total. The molecule has 0 amide bonds. The molecule has 0 atom stereocenters. The van der Waals surface area contributed by atoms with Gasteiger partial charge in [-0.1, -0.05) is 24.8 Å². The standard InChI is InChI=1S/C11H16/c1-2-3-6-11-7-4-10(9-11)5-8-11/h2-3,6,10H,1,4-5,7-9H2.